The van der Waals surface area contributed by atoms with Crippen LogP contribution in [0.2, 0.25) is 0 Å². The summed E-state index contributed by atoms with van der Waals surface area (Å²) in [6.07, 6.45) is 0.604. The number of amides is 1. The maximum atomic E-state index is 12.9. The molecule has 7 nitrogen and oxygen atoms in total. The number of nitrogens with zero attached hydrogens (tertiary/aromatic N) is 3. The van der Waals surface area contributed by atoms with Crippen molar-refractivity contribution < 1.29 is 13.2 Å². The molecule has 0 aliphatic carbocycles. The van der Waals surface area contributed by atoms with Crippen LogP contribution in [0.3, 0.4) is 0 Å². The van der Waals surface area contributed by atoms with Crippen molar-refractivity contribution in [1.29, 1.82) is 0 Å². The Morgan fingerprint density at radius 1 is 1.06 bits per heavy atom. The summed E-state index contributed by atoms with van der Waals surface area (Å²) in [6, 6.07) is 17.9. The van der Waals surface area contributed by atoms with Gasteiger partial charge in [-0.1, -0.05) is 49.0 Å². The van der Waals surface area contributed by atoms with E-state index in [4.69, 9.17) is 0 Å². The van der Waals surface area contributed by atoms with Crippen molar-refractivity contribution in [3.05, 3.63) is 66.5 Å². The molecule has 1 heterocycles. The van der Waals surface area contributed by atoms with Crippen LogP contribution in [0.1, 0.15) is 19.2 Å². The molecule has 1 aromatic heterocycles. The van der Waals surface area contributed by atoms with Gasteiger partial charge in [-0.25, -0.2) is 22.7 Å². The van der Waals surface area contributed by atoms with Crippen LogP contribution in [-0.4, -0.2) is 47.9 Å². The first-order valence-electron chi connectivity index (χ1n) is 10.1. The molecule has 3 aromatic rings. The maximum absolute atomic E-state index is 12.9. The normalized spacial score (nSPS) is 12.5. The zero-order valence-electron chi connectivity index (χ0n) is 18.4. The monoisotopic (exact) mass is 470 g/mol. The van der Waals surface area contributed by atoms with Crippen LogP contribution in [0.4, 0.5) is 5.69 Å². The lowest BCUT2D eigenvalue weighted by atomic mass is 10.1. The van der Waals surface area contributed by atoms with Gasteiger partial charge in [0.2, 0.25) is 15.9 Å². The van der Waals surface area contributed by atoms with E-state index < -0.39 is 10.0 Å². The number of anilines is 1. The van der Waals surface area contributed by atoms with Crippen molar-refractivity contribution >= 4 is 33.4 Å². The Morgan fingerprint density at radius 2 is 1.72 bits per heavy atom. The summed E-state index contributed by atoms with van der Waals surface area (Å²) in [5.41, 5.74) is 2.34. The second-order valence-electron chi connectivity index (χ2n) is 7.32. The van der Waals surface area contributed by atoms with Gasteiger partial charge in [0.1, 0.15) is 10.9 Å². The Hall–Kier alpha value is -2.75. The minimum absolute atomic E-state index is 0.168. The van der Waals surface area contributed by atoms with E-state index in [1.54, 1.807) is 12.1 Å². The second kappa shape index (κ2) is 10.2. The van der Waals surface area contributed by atoms with E-state index in [2.05, 4.69) is 15.3 Å². The minimum Gasteiger partial charge on any atom is -0.325 e. The quantitative estimate of drug-likeness (QED) is 0.392. The molecular formula is C23H26N4O3S2. The standard InChI is InChI=1S/C23H26N4O3S2/c1-5-21(23(28)26-18-11-13-19(14-12-18)32(29,30)27(3)4)31-22-15-20(24-16(2)25-22)17-9-7-6-8-10-17/h6-15,21H,5H2,1-4H3,(H,26,28). The third-order valence-electron chi connectivity index (χ3n) is 4.71. The first-order valence-corrected chi connectivity index (χ1v) is 12.4. The summed E-state index contributed by atoms with van der Waals surface area (Å²) in [5.74, 6) is 0.472. The highest BCUT2D eigenvalue weighted by Gasteiger charge is 2.21. The minimum atomic E-state index is -3.51. The van der Waals surface area contributed by atoms with Crippen molar-refractivity contribution in [3.63, 3.8) is 0 Å². The lowest BCUT2D eigenvalue weighted by Gasteiger charge is -2.16. The molecule has 168 valence electrons. The van der Waals surface area contributed by atoms with E-state index >= 15 is 0 Å². The molecule has 1 amide bonds. The fourth-order valence-corrected chi connectivity index (χ4v) is 4.86. The molecule has 9 heteroatoms. The van der Waals surface area contributed by atoms with Crippen LogP contribution >= 0.6 is 11.8 Å². The predicted octanol–water partition coefficient (Wildman–Crippen LogP) is 4.21. The number of rotatable bonds is 8. The number of aromatic nitrogens is 2. The summed E-state index contributed by atoms with van der Waals surface area (Å²) >= 11 is 1.38. The molecule has 0 saturated carbocycles. The number of nitrogens with one attached hydrogen (secondary N) is 1. The van der Waals surface area contributed by atoms with Crippen molar-refractivity contribution in [1.82, 2.24) is 14.3 Å². The summed E-state index contributed by atoms with van der Waals surface area (Å²) in [4.78, 5) is 22.1. The zero-order valence-corrected chi connectivity index (χ0v) is 20.1. The molecule has 0 bridgehead atoms. The number of sulfonamides is 1. The Balaban J connectivity index is 1.74. The fourth-order valence-electron chi connectivity index (χ4n) is 2.97. The highest BCUT2D eigenvalue weighted by Crippen LogP contribution is 2.28. The van der Waals surface area contributed by atoms with E-state index in [9.17, 15) is 13.2 Å². The largest absolute Gasteiger partial charge is 0.325 e. The van der Waals surface area contributed by atoms with Crippen LogP contribution < -0.4 is 5.32 Å². The summed E-state index contributed by atoms with van der Waals surface area (Å²) < 4.78 is 25.6. The van der Waals surface area contributed by atoms with Gasteiger partial charge in [-0.2, -0.15) is 0 Å². The van der Waals surface area contributed by atoms with E-state index in [0.29, 0.717) is 17.9 Å². The Labute approximate surface area is 193 Å². The topological polar surface area (TPSA) is 92.3 Å². The molecule has 0 saturated heterocycles. The molecule has 1 unspecified atom stereocenters. The molecule has 1 N–H and O–H groups in total. The van der Waals surface area contributed by atoms with Crippen LogP contribution in [-0.2, 0) is 14.8 Å². The van der Waals surface area contributed by atoms with Gasteiger partial charge in [0.15, 0.2) is 0 Å². The van der Waals surface area contributed by atoms with E-state index in [0.717, 1.165) is 20.6 Å². The third kappa shape index (κ3) is 5.73. The second-order valence-corrected chi connectivity index (χ2v) is 10.7. The molecule has 32 heavy (non-hydrogen) atoms. The molecule has 0 aliphatic rings. The average molecular weight is 471 g/mol. The average Bonchev–Trinajstić information content (AvgIpc) is 2.78. The summed E-state index contributed by atoms with van der Waals surface area (Å²) in [6.45, 7) is 3.77. The lowest BCUT2D eigenvalue weighted by molar-refractivity contribution is -0.115. The molecule has 2 aromatic carbocycles. The van der Waals surface area contributed by atoms with Crippen molar-refractivity contribution in [2.75, 3.05) is 19.4 Å². The van der Waals surface area contributed by atoms with Gasteiger partial charge in [-0.15, -0.1) is 0 Å². The fraction of sp³-hybridized carbons (Fsp3) is 0.261. The Bertz CT molecular complexity index is 1180. The zero-order chi connectivity index (χ0) is 23.3. The van der Waals surface area contributed by atoms with Crippen LogP contribution in [0.5, 0.6) is 0 Å². The number of carbonyl (C=O) groups excluding carboxylic acids is 1. The van der Waals surface area contributed by atoms with Crippen LogP contribution in [0, 0.1) is 6.92 Å². The van der Waals surface area contributed by atoms with Crippen LogP contribution in [0.15, 0.2) is 70.6 Å². The van der Waals surface area contributed by atoms with E-state index in [-0.39, 0.29) is 16.1 Å². The van der Waals surface area contributed by atoms with E-state index in [1.807, 2.05) is 50.2 Å². The predicted molar refractivity (Wildman–Crippen MR) is 128 cm³/mol. The molecular weight excluding hydrogens is 444 g/mol. The number of hydrogen-bond acceptors (Lipinski definition) is 6. The number of thioether (sulfide) groups is 1. The SMILES string of the molecule is CCC(Sc1cc(-c2ccccc2)nc(C)n1)C(=O)Nc1ccc(S(=O)(=O)N(C)C)cc1. The summed E-state index contributed by atoms with van der Waals surface area (Å²) in [5, 5.41) is 3.24. The molecule has 0 fully saturated rings. The highest BCUT2D eigenvalue weighted by atomic mass is 32.2. The first kappa shape index (κ1) is 23.9. The molecule has 0 aliphatic heterocycles. The number of benzene rings is 2. The van der Waals surface area contributed by atoms with Crippen molar-refractivity contribution in [2.45, 2.75) is 35.4 Å². The maximum Gasteiger partial charge on any atom is 0.242 e. The summed E-state index contributed by atoms with van der Waals surface area (Å²) in [7, 11) is -0.556. The van der Waals surface area contributed by atoms with Gasteiger partial charge in [-0.05, 0) is 43.7 Å². The van der Waals surface area contributed by atoms with Gasteiger partial charge in [0, 0.05) is 25.3 Å². The lowest BCUT2D eigenvalue weighted by Crippen LogP contribution is -2.25. The first-order chi connectivity index (χ1) is 15.2. The highest BCUT2D eigenvalue weighted by molar-refractivity contribution is 8.00. The third-order valence-corrected chi connectivity index (χ3v) is 7.82. The smallest absolute Gasteiger partial charge is 0.242 e. The molecule has 1 atom stereocenters. The van der Waals surface area contributed by atoms with E-state index in [1.165, 1.54) is 38.0 Å². The molecule has 0 radical (unpaired) electrons. The molecule has 3 rings (SSSR count). The Kier molecular flexibility index (Phi) is 7.65. The van der Waals surface area contributed by atoms with Gasteiger partial charge in [-0.3, -0.25) is 4.79 Å². The molecule has 0 spiro atoms. The van der Waals surface area contributed by atoms with Gasteiger partial charge in [0.05, 0.1) is 15.8 Å². The Morgan fingerprint density at radius 3 is 2.31 bits per heavy atom. The van der Waals surface area contributed by atoms with Crippen molar-refractivity contribution in [3.8, 4) is 11.3 Å². The van der Waals surface area contributed by atoms with Crippen LogP contribution in [0.25, 0.3) is 11.3 Å². The number of hydrogen-bond donors (Lipinski definition) is 1. The van der Waals surface area contributed by atoms with Gasteiger partial charge < -0.3 is 5.32 Å². The van der Waals surface area contributed by atoms with Crippen molar-refractivity contribution in [2.24, 2.45) is 0 Å². The van der Waals surface area contributed by atoms with Gasteiger partial charge in [0.25, 0.3) is 0 Å². The number of carbonyl (C=O) groups is 1. The number of aryl methyl sites for hydroxylation is 1. The van der Waals surface area contributed by atoms with Gasteiger partial charge >= 0.3 is 0 Å².